The first-order valence-electron chi connectivity index (χ1n) is 10.4. The van der Waals surface area contributed by atoms with Gasteiger partial charge in [-0.15, -0.1) is 0 Å². The lowest BCUT2D eigenvalue weighted by molar-refractivity contribution is 0.0944. The first-order valence-corrected chi connectivity index (χ1v) is 11.9. The van der Waals surface area contributed by atoms with Gasteiger partial charge in [-0.2, -0.15) is 5.10 Å². The van der Waals surface area contributed by atoms with E-state index < -0.39 is 10.0 Å². The van der Waals surface area contributed by atoms with Crippen LogP contribution in [-0.4, -0.2) is 42.5 Å². The van der Waals surface area contributed by atoms with Crippen LogP contribution in [-0.2, 0) is 29.4 Å². The summed E-state index contributed by atoms with van der Waals surface area (Å²) in [6.07, 6.45) is 3.60. The van der Waals surface area contributed by atoms with E-state index in [1.54, 1.807) is 28.9 Å². The number of fused-ring (bicyclic) bond motifs is 1. The highest BCUT2D eigenvalue weighted by Gasteiger charge is 2.25. The number of amides is 1. The number of hydrogen-bond acceptors (Lipinski definition) is 4. The van der Waals surface area contributed by atoms with Crippen molar-refractivity contribution < 1.29 is 17.6 Å². The van der Waals surface area contributed by atoms with Crippen molar-refractivity contribution in [3.63, 3.8) is 0 Å². The summed E-state index contributed by atoms with van der Waals surface area (Å²) in [5, 5.41) is 7.45. The predicted molar refractivity (Wildman–Crippen MR) is 119 cm³/mol. The lowest BCUT2D eigenvalue weighted by atomic mass is 9.95. The van der Waals surface area contributed by atoms with Crippen LogP contribution in [0.1, 0.15) is 40.2 Å². The highest BCUT2D eigenvalue weighted by molar-refractivity contribution is 7.89. The third-order valence-electron chi connectivity index (χ3n) is 5.62. The number of aromatic nitrogens is 2. The Hall–Kier alpha value is -3.04. The van der Waals surface area contributed by atoms with Gasteiger partial charge in [-0.25, -0.2) is 21.8 Å². The molecule has 0 saturated heterocycles. The molecule has 0 radical (unpaired) electrons. The van der Waals surface area contributed by atoms with E-state index in [1.807, 2.05) is 0 Å². The molecule has 0 unspecified atom stereocenters. The average molecular weight is 457 g/mol. The second-order valence-electron chi connectivity index (χ2n) is 7.98. The third kappa shape index (κ3) is 4.31. The fraction of sp³-hybridized carbons (Fsp3) is 0.304. The van der Waals surface area contributed by atoms with Gasteiger partial charge in [-0.1, -0.05) is 12.1 Å². The Morgan fingerprint density at radius 1 is 1.06 bits per heavy atom. The van der Waals surface area contributed by atoms with E-state index in [-0.39, 0.29) is 23.2 Å². The average Bonchev–Trinajstić information content (AvgIpc) is 3.18. The summed E-state index contributed by atoms with van der Waals surface area (Å²) in [4.78, 5) is 13.2. The minimum Gasteiger partial charge on any atom is -0.347 e. The fourth-order valence-electron chi connectivity index (χ4n) is 3.83. The van der Waals surface area contributed by atoms with Gasteiger partial charge in [0.05, 0.1) is 10.6 Å². The molecule has 0 spiro atoms. The first-order chi connectivity index (χ1) is 15.3. The maximum atomic E-state index is 13.3. The number of nitrogens with one attached hydrogen (secondary N) is 1. The van der Waals surface area contributed by atoms with Gasteiger partial charge in [0.25, 0.3) is 5.91 Å². The summed E-state index contributed by atoms with van der Waals surface area (Å²) in [6.45, 7) is 0.249. The number of halogens is 1. The molecule has 2 aromatic carbocycles. The maximum Gasteiger partial charge on any atom is 0.272 e. The Kier molecular flexibility index (Phi) is 6.12. The third-order valence-corrected chi connectivity index (χ3v) is 7.45. The molecule has 32 heavy (non-hydrogen) atoms. The van der Waals surface area contributed by atoms with Gasteiger partial charge in [0.2, 0.25) is 10.0 Å². The first kappa shape index (κ1) is 22.2. The molecule has 1 aromatic heterocycles. The lowest BCUT2D eigenvalue weighted by Gasteiger charge is -2.14. The number of benzene rings is 2. The second-order valence-corrected chi connectivity index (χ2v) is 10.1. The van der Waals surface area contributed by atoms with Gasteiger partial charge in [-0.3, -0.25) is 4.79 Å². The number of hydrogen-bond donors (Lipinski definition) is 1. The van der Waals surface area contributed by atoms with Crippen molar-refractivity contribution in [1.29, 1.82) is 0 Å². The van der Waals surface area contributed by atoms with E-state index in [4.69, 9.17) is 0 Å². The zero-order valence-corrected chi connectivity index (χ0v) is 18.8. The van der Waals surface area contributed by atoms with Gasteiger partial charge in [0.1, 0.15) is 5.82 Å². The normalized spacial score (nSPS) is 13.8. The number of nitrogens with zero attached hydrogens (tertiary/aromatic N) is 3. The Morgan fingerprint density at radius 3 is 2.38 bits per heavy atom. The van der Waals surface area contributed by atoms with Crippen molar-refractivity contribution in [3.8, 4) is 5.69 Å². The van der Waals surface area contributed by atoms with E-state index in [0.717, 1.165) is 52.5 Å². The quantitative estimate of drug-likeness (QED) is 0.618. The molecule has 0 saturated carbocycles. The molecule has 1 aliphatic carbocycles. The predicted octanol–water partition coefficient (Wildman–Crippen LogP) is 3.07. The van der Waals surface area contributed by atoms with Crippen LogP contribution in [0.3, 0.4) is 0 Å². The van der Waals surface area contributed by atoms with Crippen molar-refractivity contribution >= 4 is 15.9 Å². The molecular formula is C23H25FN4O3S. The molecule has 9 heteroatoms. The van der Waals surface area contributed by atoms with Crippen LogP contribution in [0.15, 0.2) is 53.4 Å². The summed E-state index contributed by atoms with van der Waals surface area (Å²) in [7, 11) is -0.532. The Morgan fingerprint density at radius 2 is 1.72 bits per heavy atom. The summed E-state index contributed by atoms with van der Waals surface area (Å²) in [5.41, 5.74) is 3.82. The smallest absolute Gasteiger partial charge is 0.272 e. The number of sulfonamides is 1. The van der Waals surface area contributed by atoms with Crippen LogP contribution in [0.25, 0.3) is 5.69 Å². The van der Waals surface area contributed by atoms with Gasteiger partial charge >= 0.3 is 0 Å². The standard InChI is InChI=1S/C23H25FN4O3S/c1-27(2)32(30,31)19-13-7-16(8-14-19)15-25-23(29)22-20-5-3-4-6-21(20)28(26-22)18-11-9-17(24)10-12-18/h7-14H,3-6,15H2,1-2H3,(H,25,29). The molecule has 7 nitrogen and oxygen atoms in total. The van der Waals surface area contributed by atoms with Crippen LogP contribution < -0.4 is 5.32 Å². The molecule has 168 valence electrons. The number of carbonyl (C=O) groups excluding carboxylic acids is 1. The van der Waals surface area contributed by atoms with Crippen molar-refractivity contribution in [1.82, 2.24) is 19.4 Å². The van der Waals surface area contributed by atoms with Crippen LogP contribution in [0.2, 0.25) is 0 Å². The number of rotatable bonds is 6. The molecule has 0 fully saturated rings. The molecule has 3 aromatic rings. The van der Waals surface area contributed by atoms with E-state index in [2.05, 4.69) is 10.4 Å². The Bertz CT molecular complexity index is 1230. The van der Waals surface area contributed by atoms with Gasteiger partial charge in [0, 0.05) is 31.9 Å². The summed E-state index contributed by atoms with van der Waals surface area (Å²) in [6, 6.07) is 12.5. The van der Waals surface area contributed by atoms with Crippen LogP contribution in [0.4, 0.5) is 4.39 Å². The minimum absolute atomic E-state index is 0.199. The van der Waals surface area contributed by atoms with Gasteiger partial charge in [-0.05, 0) is 67.6 Å². The van der Waals surface area contributed by atoms with Crippen LogP contribution in [0.5, 0.6) is 0 Å². The fourth-order valence-corrected chi connectivity index (χ4v) is 4.74. The van der Waals surface area contributed by atoms with Crippen LogP contribution >= 0.6 is 0 Å². The summed E-state index contributed by atoms with van der Waals surface area (Å²) < 4.78 is 40.6. The van der Waals surface area contributed by atoms with E-state index in [1.165, 1.54) is 38.4 Å². The molecule has 0 aliphatic heterocycles. The van der Waals surface area contributed by atoms with E-state index >= 15 is 0 Å². The minimum atomic E-state index is -3.49. The van der Waals surface area contributed by atoms with Crippen molar-refractivity contribution in [2.45, 2.75) is 37.1 Å². The largest absolute Gasteiger partial charge is 0.347 e. The Labute approximate surface area is 186 Å². The monoisotopic (exact) mass is 456 g/mol. The summed E-state index contributed by atoms with van der Waals surface area (Å²) >= 11 is 0. The molecule has 4 rings (SSSR count). The second kappa shape index (κ2) is 8.84. The number of carbonyl (C=O) groups is 1. The SMILES string of the molecule is CN(C)S(=O)(=O)c1ccc(CNC(=O)c2nn(-c3ccc(F)cc3)c3c2CCCC3)cc1. The van der Waals surface area contributed by atoms with E-state index in [9.17, 15) is 17.6 Å². The highest BCUT2D eigenvalue weighted by atomic mass is 32.2. The van der Waals surface area contributed by atoms with Crippen LogP contribution in [0, 0.1) is 5.82 Å². The zero-order chi connectivity index (χ0) is 22.9. The maximum absolute atomic E-state index is 13.3. The molecular weight excluding hydrogens is 431 g/mol. The molecule has 1 heterocycles. The van der Waals surface area contributed by atoms with E-state index in [0.29, 0.717) is 5.69 Å². The molecule has 0 atom stereocenters. The van der Waals surface area contributed by atoms with Crippen molar-refractivity contribution in [2.75, 3.05) is 14.1 Å². The lowest BCUT2D eigenvalue weighted by Crippen LogP contribution is -2.25. The van der Waals surface area contributed by atoms with Gasteiger partial charge in [0.15, 0.2) is 5.69 Å². The van der Waals surface area contributed by atoms with Crippen molar-refractivity contribution in [2.24, 2.45) is 0 Å². The molecule has 1 aliphatic rings. The Balaban J connectivity index is 1.53. The topological polar surface area (TPSA) is 84.3 Å². The molecule has 1 amide bonds. The van der Waals surface area contributed by atoms with Gasteiger partial charge < -0.3 is 5.32 Å². The molecule has 1 N–H and O–H groups in total. The molecule has 0 bridgehead atoms. The highest BCUT2D eigenvalue weighted by Crippen LogP contribution is 2.27. The van der Waals surface area contributed by atoms with Crippen molar-refractivity contribution in [3.05, 3.63) is 76.9 Å². The zero-order valence-electron chi connectivity index (χ0n) is 18.0. The summed E-state index contributed by atoms with van der Waals surface area (Å²) in [5.74, 6) is -0.605.